The Labute approximate surface area is 274 Å². The highest BCUT2D eigenvalue weighted by atomic mass is 16.5. The molecular formula is C36H40N6O5. The summed E-state index contributed by atoms with van der Waals surface area (Å²) in [7, 11) is 1.34. The highest BCUT2D eigenvalue weighted by Crippen LogP contribution is 2.45. The Morgan fingerprint density at radius 1 is 0.830 bits per heavy atom. The molecule has 2 saturated heterocycles. The lowest BCUT2D eigenvalue weighted by atomic mass is 10.0. The Kier molecular flexibility index (Phi) is 7.94. The maximum atomic E-state index is 14.8. The molecule has 244 valence electrons. The van der Waals surface area contributed by atoms with Crippen molar-refractivity contribution in [2.45, 2.75) is 37.8 Å². The van der Waals surface area contributed by atoms with Crippen molar-refractivity contribution in [3.8, 4) is 0 Å². The third-order valence-electron chi connectivity index (χ3n) is 10.2. The third-order valence-corrected chi connectivity index (χ3v) is 10.2. The molecule has 11 heteroatoms. The van der Waals surface area contributed by atoms with Crippen LogP contribution in [0, 0.1) is 0 Å². The third kappa shape index (κ3) is 5.27. The average Bonchev–Trinajstić information content (AvgIpc) is 3.87. The molecule has 2 unspecified atom stereocenters. The molecule has 1 aromatic heterocycles. The van der Waals surface area contributed by atoms with Crippen molar-refractivity contribution in [2.75, 3.05) is 74.4 Å². The van der Waals surface area contributed by atoms with Crippen molar-refractivity contribution in [3.63, 3.8) is 0 Å². The molecule has 3 heterocycles. The molecule has 8 rings (SSSR count). The first kappa shape index (κ1) is 29.8. The molecule has 2 atom stereocenters. The van der Waals surface area contributed by atoms with E-state index >= 15 is 0 Å². The number of carbonyl (C=O) groups is 2. The molecule has 0 bridgehead atoms. The number of morpholine rings is 2. The molecule has 0 radical (unpaired) electrons. The number of hydrogen-bond donors (Lipinski definition) is 1. The molecular weight excluding hydrogens is 596 g/mol. The van der Waals surface area contributed by atoms with Crippen LogP contribution in [0.1, 0.15) is 47.2 Å². The Hall–Kier alpha value is -4.61. The molecule has 0 saturated carbocycles. The zero-order chi connectivity index (χ0) is 31.9. The minimum atomic E-state index is -0.576. The number of ether oxygens (including phenoxy) is 3. The van der Waals surface area contributed by atoms with Crippen molar-refractivity contribution < 1.29 is 23.8 Å². The average molecular weight is 637 g/mol. The Morgan fingerprint density at radius 2 is 1.45 bits per heavy atom. The molecule has 0 spiro atoms. The van der Waals surface area contributed by atoms with Crippen LogP contribution in [-0.2, 0) is 27.1 Å². The summed E-state index contributed by atoms with van der Waals surface area (Å²) in [6, 6.07) is 18.1. The maximum absolute atomic E-state index is 14.8. The van der Waals surface area contributed by atoms with Crippen LogP contribution < -0.4 is 20.0 Å². The molecule has 4 aromatic rings. The molecule has 2 amide bonds. The number of urea groups is 1. The van der Waals surface area contributed by atoms with Crippen LogP contribution in [0.15, 0.2) is 60.8 Å². The summed E-state index contributed by atoms with van der Waals surface area (Å²) < 4.78 is 17.5. The van der Waals surface area contributed by atoms with E-state index in [1.165, 1.54) is 39.9 Å². The lowest BCUT2D eigenvalue weighted by molar-refractivity contribution is 0.122. The second-order valence-corrected chi connectivity index (χ2v) is 12.6. The van der Waals surface area contributed by atoms with Crippen LogP contribution in [0.25, 0.3) is 10.9 Å². The fraction of sp³-hybridized carbons (Fsp3) is 0.417. The van der Waals surface area contributed by atoms with Gasteiger partial charge in [0.2, 0.25) is 0 Å². The van der Waals surface area contributed by atoms with Gasteiger partial charge in [-0.25, -0.2) is 9.59 Å². The predicted octanol–water partition coefficient (Wildman–Crippen LogP) is 5.22. The van der Waals surface area contributed by atoms with Crippen LogP contribution in [0.2, 0.25) is 0 Å². The first-order valence-corrected chi connectivity index (χ1v) is 16.7. The summed E-state index contributed by atoms with van der Waals surface area (Å²) >= 11 is 0. The summed E-state index contributed by atoms with van der Waals surface area (Å²) in [5, 5.41) is 8.52. The van der Waals surface area contributed by atoms with Gasteiger partial charge in [0, 0.05) is 42.9 Å². The molecule has 11 nitrogen and oxygen atoms in total. The Morgan fingerprint density at radius 3 is 2.13 bits per heavy atom. The molecule has 2 aliphatic heterocycles. The molecule has 47 heavy (non-hydrogen) atoms. The normalized spacial score (nSPS) is 20.6. The number of nitrogens with one attached hydrogen (secondary N) is 1. The van der Waals surface area contributed by atoms with E-state index in [1.54, 1.807) is 6.20 Å². The highest BCUT2D eigenvalue weighted by Gasteiger charge is 2.37. The Bertz CT molecular complexity index is 1810. The predicted molar refractivity (Wildman–Crippen MR) is 180 cm³/mol. The minimum Gasteiger partial charge on any atom is -0.451 e. The van der Waals surface area contributed by atoms with Gasteiger partial charge in [-0.1, -0.05) is 30.3 Å². The van der Waals surface area contributed by atoms with Gasteiger partial charge in [0.25, 0.3) is 0 Å². The fourth-order valence-electron chi connectivity index (χ4n) is 7.98. The minimum absolute atomic E-state index is 0.112. The number of benzene rings is 3. The Balaban J connectivity index is 1.17. The van der Waals surface area contributed by atoms with Crippen LogP contribution in [0.4, 0.5) is 26.7 Å². The molecule has 2 aliphatic carbocycles. The van der Waals surface area contributed by atoms with Gasteiger partial charge in [0.15, 0.2) is 0 Å². The van der Waals surface area contributed by atoms with Crippen LogP contribution in [0.5, 0.6) is 0 Å². The van der Waals surface area contributed by atoms with Gasteiger partial charge in [0.05, 0.1) is 63.0 Å². The first-order valence-electron chi connectivity index (χ1n) is 16.7. The van der Waals surface area contributed by atoms with Crippen molar-refractivity contribution in [2.24, 2.45) is 0 Å². The van der Waals surface area contributed by atoms with E-state index in [2.05, 4.69) is 56.6 Å². The van der Waals surface area contributed by atoms with Gasteiger partial charge in [-0.3, -0.25) is 4.90 Å². The summed E-state index contributed by atoms with van der Waals surface area (Å²) in [6.07, 6.45) is 4.47. The quantitative estimate of drug-likeness (QED) is 0.319. The van der Waals surface area contributed by atoms with E-state index in [4.69, 9.17) is 14.2 Å². The van der Waals surface area contributed by atoms with E-state index < -0.39 is 6.09 Å². The van der Waals surface area contributed by atoms with E-state index in [0.717, 1.165) is 70.6 Å². The van der Waals surface area contributed by atoms with Crippen molar-refractivity contribution in [1.29, 1.82) is 0 Å². The van der Waals surface area contributed by atoms with Crippen molar-refractivity contribution >= 4 is 40.1 Å². The molecule has 1 N–H and O–H groups in total. The zero-order valence-electron chi connectivity index (χ0n) is 26.7. The largest absolute Gasteiger partial charge is 0.451 e. The van der Waals surface area contributed by atoms with Crippen LogP contribution >= 0.6 is 0 Å². The van der Waals surface area contributed by atoms with Crippen molar-refractivity contribution in [1.82, 2.24) is 15.1 Å². The van der Waals surface area contributed by atoms with Gasteiger partial charge in [-0.05, 0) is 72.2 Å². The number of fused-ring (bicyclic) bond motifs is 3. The van der Waals surface area contributed by atoms with Gasteiger partial charge in [-0.15, -0.1) is 0 Å². The van der Waals surface area contributed by atoms with Gasteiger partial charge < -0.3 is 29.3 Å². The fourth-order valence-corrected chi connectivity index (χ4v) is 7.98. The van der Waals surface area contributed by atoms with Gasteiger partial charge in [-0.2, -0.15) is 9.78 Å². The van der Waals surface area contributed by atoms with Crippen LogP contribution in [-0.4, -0.2) is 81.6 Å². The number of amides is 2. The summed E-state index contributed by atoms with van der Waals surface area (Å²) in [6.45, 7) is 6.33. The maximum Gasteiger partial charge on any atom is 0.434 e. The smallest absolute Gasteiger partial charge is 0.434 e. The number of aromatic nitrogens is 2. The standard InChI is InChI=1S/C36H40N6O5/c1-45-36(44)42-34-10-4-9-32(28(34)23-37-42)41(33-14-12-27-25(33)6-3-8-31(27)40-17-21-47-22-18-40)35(43)38-29-13-11-26-24(29)5-2-7-30(26)39-15-19-46-20-16-39/h2-10,23,29,33H,11-22H2,1H3,(H,38,43). The van der Waals surface area contributed by atoms with Crippen molar-refractivity contribution in [3.05, 3.63) is 83.0 Å². The lowest BCUT2D eigenvalue weighted by Crippen LogP contribution is -2.43. The molecule has 4 aliphatic rings. The monoisotopic (exact) mass is 636 g/mol. The van der Waals surface area contributed by atoms with Gasteiger partial charge >= 0.3 is 12.1 Å². The van der Waals surface area contributed by atoms with E-state index in [1.807, 2.05) is 23.1 Å². The topological polar surface area (TPSA) is 101 Å². The SMILES string of the molecule is COC(=O)n1ncc2c(N(C(=O)NC3CCc4c3cccc4N3CCOCC3)C3CCc4c3cccc4N3CCOCC3)cccc21. The summed E-state index contributed by atoms with van der Waals surface area (Å²) in [5.41, 5.74) is 8.72. The highest BCUT2D eigenvalue weighted by molar-refractivity contribution is 6.04. The number of rotatable bonds is 5. The van der Waals surface area contributed by atoms with E-state index in [-0.39, 0.29) is 18.1 Å². The van der Waals surface area contributed by atoms with Gasteiger partial charge in [0.1, 0.15) is 0 Å². The number of methoxy groups -OCH3 is 1. The lowest BCUT2D eigenvalue weighted by Gasteiger charge is -2.33. The molecule has 2 fully saturated rings. The summed E-state index contributed by atoms with van der Waals surface area (Å²) in [4.78, 5) is 34.0. The van der Waals surface area contributed by atoms with Crippen LogP contribution in [0.3, 0.4) is 0 Å². The number of carbonyl (C=O) groups excluding carboxylic acids is 2. The number of hydrogen-bond acceptors (Lipinski definition) is 8. The second kappa shape index (κ2) is 12.5. The molecule has 3 aromatic carbocycles. The number of anilines is 3. The van der Waals surface area contributed by atoms with E-state index in [9.17, 15) is 9.59 Å². The first-order chi connectivity index (χ1) is 23.1. The number of nitrogens with zero attached hydrogens (tertiary/aromatic N) is 5. The second-order valence-electron chi connectivity index (χ2n) is 12.6. The van der Waals surface area contributed by atoms with E-state index in [0.29, 0.717) is 29.8 Å². The zero-order valence-corrected chi connectivity index (χ0v) is 26.7. The summed E-state index contributed by atoms with van der Waals surface area (Å²) in [5.74, 6) is 0.